The molecule has 0 aromatic heterocycles. The lowest BCUT2D eigenvalue weighted by molar-refractivity contribution is -0.167. The standard InChI is InChI=1S/C75H142O6/c1-4-7-10-13-16-19-22-24-26-28-30-31-32-33-34-35-36-37-38-39-40-41-42-43-44-45-46-48-49-51-53-56-59-62-65-68-74(77)80-71-72(70-79-73(76)67-64-61-58-55-21-18-15-12-9-6-3)81-75(78)69-66-63-60-57-54-52-50-47-29-27-25-23-20-17-14-11-8-5-2/h27-30,72H,4-26,31-71H2,1-3H3/b29-27-,30-28-. The maximum Gasteiger partial charge on any atom is 0.306 e. The quantitative estimate of drug-likeness (QED) is 0.0261. The van der Waals surface area contributed by atoms with E-state index in [2.05, 4.69) is 45.1 Å². The molecule has 0 spiro atoms. The van der Waals surface area contributed by atoms with Crippen LogP contribution >= 0.6 is 0 Å². The van der Waals surface area contributed by atoms with E-state index in [1.54, 1.807) is 0 Å². The van der Waals surface area contributed by atoms with Gasteiger partial charge in [0.15, 0.2) is 6.10 Å². The van der Waals surface area contributed by atoms with Crippen LogP contribution in [0.4, 0.5) is 0 Å². The van der Waals surface area contributed by atoms with E-state index in [4.69, 9.17) is 14.2 Å². The highest BCUT2D eigenvalue weighted by Gasteiger charge is 2.20. The summed E-state index contributed by atoms with van der Waals surface area (Å²) in [6, 6.07) is 0. The van der Waals surface area contributed by atoms with E-state index in [1.165, 1.54) is 321 Å². The lowest BCUT2D eigenvalue weighted by atomic mass is 10.0. The Hall–Kier alpha value is -2.11. The van der Waals surface area contributed by atoms with Crippen molar-refractivity contribution in [2.45, 2.75) is 425 Å². The van der Waals surface area contributed by atoms with E-state index in [-0.39, 0.29) is 31.1 Å². The fourth-order valence-electron chi connectivity index (χ4n) is 11.4. The molecule has 0 aliphatic heterocycles. The van der Waals surface area contributed by atoms with Crippen molar-refractivity contribution in [2.75, 3.05) is 13.2 Å². The van der Waals surface area contributed by atoms with Crippen LogP contribution in [0.25, 0.3) is 0 Å². The summed E-state index contributed by atoms with van der Waals surface area (Å²) >= 11 is 0. The Bertz CT molecular complexity index is 1310. The first-order valence-electron chi connectivity index (χ1n) is 36.8. The molecule has 0 fully saturated rings. The second kappa shape index (κ2) is 70.4. The average Bonchev–Trinajstić information content (AvgIpc) is 3.47. The van der Waals surface area contributed by atoms with Gasteiger partial charge in [0.25, 0.3) is 0 Å². The van der Waals surface area contributed by atoms with Gasteiger partial charge in [-0.3, -0.25) is 14.4 Å². The Kier molecular flexibility index (Phi) is 68.5. The highest BCUT2D eigenvalue weighted by molar-refractivity contribution is 5.71. The summed E-state index contributed by atoms with van der Waals surface area (Å²) in [4.78, 5) is 38.3. The van der Waals surface area contributed by atoms with Crippen LogP contribution in [0.5, 0.6) is 0 Å². The van der Waals surface area contributed by atoms with Gasteiger partial charge in [-0.15, -0.1) is 0 Å². The highest BCUT2D eigenvalue weighted by Crippen LogP contribution is 2.19. The minimum atomic E-state index is -0.769. The Morgan fingerprint density at radius 1 is 0.235 bits per heavy atom. The molecule has 0 aromatic rings. The summed E-state index contributed by atoms with van der Waals surface area (Å²) in [7, 11) is 0. The van der Waals surface area contributed by atoms with Crippen molar-refractivity contribution in [3.63, 3.8) is 0 Å². The summed E-state index contributed by atoms with van der Waals surface area (Å²) in [6.45, 7) is 6.69. The predicted molar refractivity (Wildman–Crippen MR) is 353 cm³/mol. The Labute approximate surface area is 506 Å². The fourth-order valence-corrected chi connectivity index (χ4v) is 11.4. The predicted octanol–water partition coefficient (Wildman–Crippen LogP) is 25.3. The number of allylic oxidation sites excluding steroid dienone is 4. The molecule has 0 rings (SSSR count). The lowest BCUT2D eigenvalue weighted by Gasteiger charge is -2.18. The Balaban J connectivity index is 4.00. The summed E-state index contributed by atoms with van der Waals surface area (Å²) in [6.07, 6.45) is 86.7. The topological polar surface area (TPSA) is 78.9 Å². The number of carbonyl (C=O) groups is 3. The van der Waals surface area contributed by atoms with Crippen molar-refractivity contribution in [1.82, 2.24) is 0 Å². The van der Waals surface area contributed by atoms with Crippen LogP contribution in [0.3, 0.4) is 0 Å². The van der Waals surface area contributed by atoms with Gasteiger partial charge in [-0.05, 0) is 70.6 Å². The van der Waals surface area contributed by atoms with E-state index in [9.17, 15) is 14.4 Å². The molecule has 0 amide bonds. The van der Waals surface area contributed by atoms with Crippen molar-refractivity contribution in [3.8, 4) is 0 Å². The minimum Gasteiger partial charge on any atom is -0.462 e. The van der Waals surface area contributed by atoms with Crippen molar-refractivity contribution < 1.29 is 28.6 Å². The van der Waals surface area contributed by atoms with Gasteiger partial charge in [-0.25, -0.2) is 0 Å². The first-order valence-corrected chi connectivity index (χ1v) is 36.8. The molecule has 1 unspecified atom stereocenters. The van der Waals surface area contributed by atoms with Gasteiger partial charge < -0.3 is 14.2 Å². The molecule has 0 heterocycles. The number of hydrogen-bond donors (Lipinski definition) is 0. The zero-order valence-electron chi connectivity index (χ0n) is 55.1. The second-order valence-corrected chi connectivity index (χ2v) is 25.2. The molecular formula is C75H142O6. The number of carbonyl (C=O) groups excluding carboxylic acids is 3. The van der Waals surface area contributed by atoms with Crippen molar-refractivity contribution in [2.24, 2.45) is 0 Å². The van der Waals surface area contributed by atoms with Crippen molar-refractivity contribution in [3.05, 3.63) is 24.3 Å². The second-order valence-electron chi connectivity index (χ2n) is 25.2. The number of ether oxygens (including phenoxy) is 3. The Morgan fingerprint density at radius 3 is 0.617 bits per heavy atom. The van der Waals surface area contributed by atoms with Crippen LogP contribution in [-0.4, -0.2) is 37.2 Å². The molecule has 0 aliphatic carbocycles. The van der Waals surface area contributed by atoms with Crippen molar-refractivity contribution >= 4 is 17.9 Å². The smallest absolute Gasteiger partial charge is 0.306 e. The molecule has 0 bridgehead atoms. The van der Waals surface area contributed by atoms with Gasteiger partial charge in [0.1, 0.15) is 13.2 Å². The van der Waals surface area contributed by atoms with Gasteiger partial charge >= 0.3 is 17.9 Å². The van der Waals surface area contributed by atoms with Gasteiger partial charge in [0.05, 0.1) is 0 Å². The maximum absolute atomic E-state index is 12.9. The molecule has 6 heteroatoms. The third kappa shape index (κ3) is 68.6. The highest BCUT2D eigenvalue weighted by atomic mass is 16.6. The zero-order valence-corrected chi connectivity index (χ0v) is 55.1. The van der Waals surface area contributed by atoms with Crippen LogP contribution in [0, 0.1) is 0 Å². The molecule has 0 aromatic carbocycles. The Morgan fingerprint density at radius 2 is 0.407 bits per heavy atom. The molecule has 1 atom stereocenters. The maximum atomic E-state index is 12.9. The van der Waals surface area contributed by atoms with Crippen LogP contribution < -0.4 is 0 Å². The largest absolute Gasteiger partial charge is 0.462 e. The fraction of sp³-hybridized carbons (Fsp3) is 0.907. The van der Waals surface area contributed by atoms with Crippen LogP contribution in [0.1, 0.15) is 419 Å². The van der Waals surface area contributed by atoms with Gasteiger partial charge in [-0.2, -0.15) is 0 Å². The summed E-state index contributed by atoms with van der Waals surface area (Å²) in [5, 5.41) is 0. The number of rotatable bonds is 69. The van der Waals surface area contributed by atoms with Gasteiger partial charge in [0, 0.05) is 19.3 Å². The molecule has 0 N–H and O–H groups in total. The first kappa shape index (κ1) is 78.9. The normalized spacial score (nSPS) is 12.1. The number of unbranched alkanes of at least 4 members (excludes halogenated alkanes) is 54. The molecule has 0 radical (unpaired) electrons. The summed E-state index contributed by atoms with van der Waals surface area (Å²) in [5.74, 6) is -0.843. The van der Waals surface area contributed by atoms with Crippen LogP contribution in [0.2, 0.25) is 0 Å². The van der Waals surface area contributed by atoms with Crippen LogP contribution in [0.15, 0.2) is 24.3 Å². The van der Waals surface area contributed by atoms with Gasteiger partial charge in [-0.1, -0.05) is 353 Å². The number of hydrogen-bond acceptors (Lipinski definition) is 6. The zero-order chi connectivity index (χ0) is 58.5. The molecular weight excluding hydrogens is 997 g/mol. The third-order valence-electron chi connectivity index (χ3n) is 16.9. The summed E-state index contributed by atoms with van der Waals surface area (Å²) < 4.78 is 16.9. The lowest BCUT2D eigenvalue weighted by Crippen LogP contribution is -2.30. The van der Waals surface area contributed by atoms with E-state index in [0.717, 1.165) is 57.8 Å². The minimum absolute atomic E-state index is 0.0665. The van der Waals surface area contributed by atoms with E-state index in [0.29, 0.717) is 19.3 Å². The van der Waals surface area contributed by atoms with E-state index < -0.39 is 6.10 Å². The van der Waals surface area contributed by atoms with E-state index >= 15 is 0 Å². The SMILES string of the molecule is CCCCCCCCC/C=C\CCCCCCCCCC(=O)OC(COC(=O)CCCCCCCCCCCC)COC(=O)CCCCCCCCCCCCCCCCCCCCCCCCC/C=C\CCCCCCCCCC. The molecule has 478 valence electrons. The molecule has 0 aliphatic rings. The molecule has 6 nitrogen and oxygen atoms in total. The average molecular weight is 1140 g/mol. The first-order chi connectivity index (χ1) is 40.0. The molecule has 81 heavy (non-hydrogen) atoms. The van der Waals surface area contributed by atoms with Gasteiger partial charge in [0.2, 0.25) is 0 Å². The summed E-state index contributed by atoms with van der Waals surface area (Å²) in [5.41, 5.74) is 0. The molecule has 0 saturated carbocycles. The third-order valence-corrected chi connectivity index (χ3v) is 16.9. The monoisotopic (exact) mass is 1140 g/mol. The molecule has 0 saturated heterocycles. The van der Waals surface area contributed by atoms with Crippen LogP contribution in [-0.2, 0) is 28.6 Å². The number of esters is 3. The van der Waals surface area contributed by atoms with E-state index in [1.807, 2.05) is 0 Å². The van der Waals surface area contributed by atoms with Crippen molar-refractivity contribution in [1.29, 1.82) is 0 Å².